The molecule has 28 heavy (non-hydrogen) atoms. The van der Waals surface area contributed by atoms with E-state index in [2.05, 4.69) is 9.97 Å². The lowest BCUT2D eigenvalue weighted by Crippen LogP contribution is -2.36. The number of hydrogen-bond acceptors (Lipinski definition) is 6. The van der Waals surface area contributed by atoms with E-state index in [1.54, 1.807) is 36.7 Å². The topological polar surface area (TPSA) is 90.6 Å². The van der Waals surface area contributed by atoms with Gasteiger partial charge < -0.3 is 15.2 Å². The lowest BCUT2D eigenvalue weighted by atomic mass is 10.1. The van der Waals surface area contributed by atoms with E-state index in [-0.39, 0.29) is 24.8 Å². The predicted molar refractivity (Wildman–Crippen MR) is 99.4 cm³/mol. The average molecular weight is 380 g/mol. The smallest absolute Gasteiger partial charge is 0.415 e. The van der Waals surface area contributed by atoms with Crippen molar-refractivity contribution in [2.75, 3.05) is 5.73 Å². The number of benzene rings is 2. The van der Waals surface area contributed by atoms with E-state index in [4.69, 9.17) is 15.2 Å². The summed E-state index contributed by atoms with van der Waals surface area (Å²) in [5, 5.41) is 0. The van der Waals surface area contributed by atoms with E-state index in [1.165, 1.54) is 11.0 Å². The number of fused-ring (bicyclic) bond motifs is 1. The van der Waals surface area contributed by atoms with E-state index < -0.39 is 11.9 Å². The summed E-state index contributed by atoms with van der Waals surface area (Å²) in [5.74, 6) is 0.364. The van der Waals surface area contributed by atoms with Crippen LogP contribution in [0.3, 0.4) is 0 Å². The summed E-state index contributed by atoms with van der Waals surface area (Å²) in [7, 11) is 0. The zero-order chi connectivity index (χ0) is 19.7. The van der Waals surface area contributed by atoms with Gasteiger partial charge in [-0.2, -0.15) is 0 Å². The molecular weight excluding hydrogens is 363 g/mol. The number of aromatic nitrogens is 2. The van der Waals surface area contributed by atoms with Crippen molar-refractivity contribution in [1.29, 1.82) is 0 Å². The molecule has 0 radical (unpaired) electrons. The van der Waals surface area contributed by atoms with E-state index in [1.807, 2.05) is 13.0 Å². The normalized spacial score (nSPS) is 13.1. The molecule has 0 fully saturated rings. The van der Waals surface area contributed by atoms with Crippen LogP contribution in [0.1, 0.15) is 16.7 Å². The fraction of sp³-hybridized carbons (Fsp3) is 0.150. The first-order chi connectivity index (χ1) is 13.5. The maximum absolute atomic E-state index is 14.2. The number of rotatable bonds is 4. The summed E-state index contributed by atoms with van der Waals surface area (Å²) in [6.07, 6.45) is 2.58. The fourth-order valence-corrected chi connectivity index (χ4v) is 2.97. The maximum Gasteiger partial charge on any atom is 0.415 e. The highest BCUT2D eigenvalue weighted by Gasteiger charge is 2.27. The molecule has 3 aromatic rings. The molecule has 7 nitrogen and oxygen atoms in total. The zero-order valence-electron chi connectivity index (χ0n) is 15.1. The summed E-state index contributed by atoms with van der Waals surface area (Å²) in [5.41, 5.74) is 7.61. The van der Waals surface area contributed by atoms with Crippen LogP contribution in [0.25, 0.3) is 0 Å². The van der Waals surface area contributed by atoms with Gasteiger partial charge in [-0.3, -0.25) is 4.90 Å². The van der Waals surface area contributed by atoms with E-state index in [9.17, 15) is 9.18 Å². The van der Waals surface area contributed by atoms with Crippen LogP contribution in [0.15, 0.2) is 48.8 Å². The van der Waals surface area contributed by atoms with Crippen LogP contribution < -0.4 is 15.2 Å². The molecule has 0 saturated heterocycles. The molecule has 4 rings (SSSR count). The number of nitrogens with zero attached hydrogens (tertiary/aromatic N) is 3. The van der Waals surface area contributed by atoms with Gasteiger partial charge in [0.05, 0.1) is 18.8 Å². The number of aryl methyl sites for hydroxylation is 1. The Morgan fingerprint density at radius 3 is 2.82 bits per heavy atom. The third kappa shape index (κ3) is 3.44. The number of nitrogen functional groups attached to an aromatic ring is 1. The molecule has 1 aliphatic heterocycles. The van der Waals surface area contributed by atoms with Crippen molar-refractivity contribution >= 4 is 11.8 Å². The molecule has 142 valence electrons. The van der Waals surface area contributed by atoms with Gasteiger partial charge in [-0.05, 0) is 30.7 Å². The van der Waals surface area contributed by atoms with Gasteiger partial charge in [-0.15, -0.1) is 0 Å². The van der Waals surface area contributed by atoms with Crippen molar-refractivity contribution in [1.82, 2.24) is 14.9 Å². The molecular formula is C20H17FN4O3. The van der Waals surface area contributed by atoms with Gasteiger partial charge in [-0.25, -0.2) is 19.2 Å². The van der Waals surface area contributed by atoms with E-state index in [0.29, 0.717) is 17.1 Å². The molecule has 8 heteroatoms. The van der Waals surface area contributed by atoms with Gasteiger partial charge in [0.1, 0.15) is 11.5 Å². The van der Waals surface area contributed by atoms with Crippen LogP contribution in [-0.2, 0) is 13.1 Å². The standard InChI is InChI=1S/C20H17FN4O3/c1-12-8-14-11-25(10-13-4-2-5-15(22)18(13)21)20(26)28-17(14)9-16(12)27-19-23-6-3-7-24-19/h2-9H,10-11,22H2,1H3. The highest BCUT2D eigenvalue weighted by molar-refractivity contribution is 5.74. The van der Waals surface area contributed by atoms with Gasteiger partial charge in [-0.1, -0.05) is 12.1 Å². The second-order valence-electron chi connectivity index (χ2n) is 6.40. The summed E-state index contributed by atoms with van der Waals surface area (Å²) >= 11 is 0. The van der Waals surface area contributed by atoms with Crippen molar-refractivity contribution in [2.45, 2.75) is 20.0 Å². The van der Waals surface area contributed by atoms with Crippen LogP contribution in [0.2, 0.25) is 0 Å². The van der Waals surface area contributed by atoms with Crippen molar-refractivity contribution in [3.05, 3.63) is 71.3 Å². The third-order valence-electron chi connectivity index (χ3n) is 4.39. The largest absolute Gasteiger partial charge is 0.424 e. The number of halogens is 1. The Balaban J connectivity index is 1.57. The minimum Gasteiger partial charge on any atom is -0.424 e. The summed E-state index contributed by atoms with van der Waals surface area (Å²) in [6, 6.07) is 10.1. The summed E-state index contributed by atoms with van der Waals surface area (Å²) < 4.78 is 25.3. The predicted octanol–water partition coefficient (Wildman–Crippen LogP) is 3.81. The first kappa shape index (κ1) is 17.7. The number of hydrogen-bond donors (Lipinski definition) is 1. The van der Waals surface area contributed by atoms with Crippen LogP contribution >= 0.6 is 0 Å². The number of amides is 1. The molecule has 2 aromatic carbocycles. The number of ether oxygens (including phenoxy) is 2. The molecule has 0 saturated carbocycles. The Morgan fingerprint density at radius 1 is 1.25 bits per heavy atom. The van der Waals surface area contributed by atoms with Crippen molar-refractivity contribution in [2.24, 2.45) is 0 Å². The highest BCUT2D eigenvalue weighted by atomic mass is 19.1. The molecule has 1 amide bonds. The van der Waals surface area contributed by atoms with Crippen LogP contribution in [-0.4, -0.2) is 21.0 Å². The molecule has 0 unspecified atom stereocenters. The Bertz CT molecular complexity index is 1040. The minimum atomic E-state index is -0.569. The van der Waals surface area contributed by atoms with E-state index >= 15 is 0 Å². The van der Waals surface area contributed by atoms with Crippen molar-refractivity contribution in [3.63, 3.8) is 0 Å². The van der Waals surface area contributed by atoms with E-state index in [0.717, 1.165) is 11.1 Å². The monoisotopic (exact) mass is 380 g/mol. The van der Waals surface area contributed by atoms with Crippen LogP contribution in [0, 0.1) is 12.7 Å². The molecule has 0 aliphatic carbocycles. The second kappa shape index (κ2) is 7.15. The molecule has 1 aliphatic rings. The fourth-order valence-electron chi connectivity index (χ4n) is 2.97. The molecule has 2 N–H and O–H groups in total. The molecule has 0 atom stereocenters. The lowest BCUT2D eigenvalue weighted by molar-refractivity contribution is 0.134. The first-order valence-electron chi connectivity index (χ1n) is 8.59. The lowest BCUT2D eigenvalue weighted by Gasteiger charge is -2.29. The minimum absolute atomic E-state index is 0.0454. The number of anilines is 1. The Hall–Kier alpha value is -3.68. The van der Waals surface area contributed by atoms with Gasteiger partial charge in [0.25, 0.3) is 0 Å². The number of carbonyl (C=O) groups is 1. The zero-order valence-corrected chi connectivity index (χ0v) is 15.1. The number of carbonyl (C=O) groups excluding carboxylic acids is 1. The molecule has 0 bridgehead atoms. The molecule has 0 spiro atoms. The van der Waals surface area contributed by atoms with Crippen LogP contribution in [0.4, 0.5) is 14.9 Å². The highest BCUT2D eigenvalue weighted by Crippen LogP contribution is 2.35. The van der Waals surface area contributed by atoms with Gasteiger partial charge in [0, 0.05) is 29.6 Å². The quantitative estimate of drug-likeness (QED) is 0.692. The maximum atomic E-state index is 14.2. The van der Waals surface area contributed by atoms with Crippen LogP contribution in [0.5, 0.6) is 17.5 Å². The van der Waals surface area contributed by atoms with Gasteiger partial charge in [0.2, 0.25) is 0 Å². The molecule has 1 aromatic heterocycles. The number of nitrogens with two attached hydrogens (primary N) is 1. The van der Waals surface area contributed by atoms with Crippen molar-refractivity contribution in [3.8, 4) is 17.5 Å². The Labute approximate surface area is 160 Å². The average Bonchev–Trinajstić information content (AvgIpc) is 2.68. The second-order valence-corrected chi connectivity index (χ2v) is 6.40. The summed E-state index contributed by atoms with van der Waals surface area (Å²) in [6.45, 7) is 2.21. The first-order valence-corrected chi connectivity index (χ1v) is 8.59. The van der Waals surface area contributed by atoms with Gasteiger partial charge >= 0.3 is 12.1 Å². The molecule has 2 heterocycles. The third-order valence-corrected chi connectivity index (χ3v) is 4.39. The van der Waals surface area contributed by atoms with Gasteiger partial charge in [0.15, 0.2) is 5.82 Å². The Kier molecular flexibility index (Phi) is 4.52. The van der Waals surface area contributed by atoms with Crippen molar-refractivity contribution < 1.29 is 18.7 Å². The Morgan fingerprint density at radius 2 is 2.04 bits per heavy atom. The SMILES string of the molecule is Cc1cc2c(cc1Oc1ncccn1)OC(=O)N(Cc1cccc(N)c1F)C2. The summed E-state index contributed by atoms with van der Waals surface area (Å²) in [4.78, 5) is 21.9.